The Labute approximate surface area is 136 Å². The van der Waals surface area contributed by atoms with Crippen LogP contribution in [-0.4, -0.2) is 28.1 Å². The number of benzene rings is 1. The summed E-state index contributed by atoms with van der Waals surface area (Å²) in [6.45, 7) is 7.50. The zero-order valence-electron chi connectivity index (χ0n) is 13.0. The molecule has 0 radical (unpaired) electrons. The molecule has 5 heteroatoms. The molecule has 3 nitrogen and oxygen atoms in total. The van der Waals surface area contributed by atoms with Gasteiger partial charge in [0.1, 0.15) is 5.75 Å². The summed E-state index contributed by atoms with van der Waals surface area (Å²) in [7, 11) is 0. The number of thioether (sulfide) groups is 2. The first-order valence-electron chi connectivity index (χ1n) is 7.61. The Hall–Kier alpha value is -0.360. The first-order valence-corrected chi connectivity index (χ1v) is 9.60. The van der Waals surface area contributed by atoms with Crippen LogP contribution in [0.3, 0.4) is 0 Å². The minimum Gasteiger partial charge on any atom is -0.494 e. The topological polar surface area (TPSA) is 47.3 Å². The van der Waals surface area contributed by atoms with Crippen molar-refractivity contribution in [1.29, 1.82) is 0 Å². The molecule has 0 amide bonds. The molecule has 2 rings (SSSR count). The molecule has 1 fully saturated rings. The Morgan fingerprint density at radius 2 is 2.00 bits per heavy atom. The van der Waals surface area contributed by atoms with Crippen LogP contribution in [0.1, 0.15) is 38.8 Å². The molecule has 21 heavy (non-hydrogen) atoms. The smallest absolute Gasteiger partial charge is 0.119 e. The number of hydrogen-bond donors (Lipinski definition) is 2. The summed E-state index contributed by atoms with van der Waals surface area (Å²) in [4.78, 5) is 0. The van der Waals surface area contributed by atoms with E-state index in [0.717, 1.165) is 29.8 Å². The van der Waals surface area contributed by atoms with Crippen molar-refractivity contribution in [2.45, 2.75) is 49.0 Å². The second-order valence-electron chi connectivity index (χ2n) is 5.48. The van der Waals surface area contributed by atoms with Crippen molar-refractivity contribution in [3.63, 3.8) is 0 Å². The third kappa shape index (κ3) is 4.55. The Morgan fingerprint density at radius 1 is 1.29 bits per heavy atom. The molecule has 1 heterocycles. The molecule has 118 valence electrons. The summed E-state index contributed by atoms with van der Waals surface area (Å²) in [5.41, 5.74) is 4.25. The standard InChI is InChI=1S/C16H26N2OS2/c1-4-9-19-14-7-5-13(6-8-14)16(18-17)15-10-20-11(2)12(3)21-15/h5-8,11-12,15-16,18H,4,9-10,17H2,1-3H3. The number of nitrogens with one attached hydrogen (secondary N) is 1. The van der Waals surface area contributed by atoms with Crippen molar-refractivity contribution < 1.29 is 4.74 Å². The lowest BCUT2D eigenvalue weighted by atomic mass is 10.0. The molecule has 1 aliphatic rings. The molecular formula is C16H26N2OS2. The average molecular weight is 327 g/mol. The SMILES string of the molecule is CCCOc1ccc(C(NN)C2CSC(C)C(C)S2)cc1. The van der Waals surface area contributed by atoms with Crippen molar-refractivity contribution >= 4 is 23.5 Å². The van der Waals surface area contributed by atoms with Crippen molar-refractivity contribution in [2.24, 2.45) is 5.84 Å². The lowest BCUT2D eigenvalue weighted by Crippen LogP contribution is -2.40. The molecule has 0 bridgehead atoms. The Morgan fingerprint density at radius 3 is 2.57 bits per heavy atom. The largest absolute Gasteiger partial charge is 0.494 e. The van der Waals surface area contributed by atoms with Gasteiger partial charge >= 0.3 is 0 Å². The molecule has 0 saturated carbocycles. The van der Waals surface area contributed by atoms with E-state index in [-0.39, 0.29) is 6.04 Å². The summed E-state index contributed by atoms with van der Waals surface area (Å²) in [6, 6.07) is 8.54. The highest BCUT2D eigenvalue weighted by Gasteiger charge is 2.31. The van der Waals surface area contributed by atoms with Crippen LogP contribution in [0.4, 0.5) is 0 Å². The highest BCUT2D eigenvalue weighted by Crippen LogP contribution is 2.40. The van der Waals surface area contributed by atoms with Gasteiger partial charge in [-0.25, -0.2) is 0 Å². The average Bonchev–Trinajstić information content (AvgIpc) is 2.50. The Kier molecular flexibility index (Phi) is 6.74. The molecule has 0 spiro atoms. The molecule has 4 atom stereocenters. The van der Waals surface area contributed by atoms with E-state index < -0.39 is 0 Å². The van der Waals surface area contributed by atoms with Gasteiger partial charge in [-0.1, -0.05) is 32.9 Å². The van der Waals surface area contributed by atoms with Crippen LogP contribution in [0.5, 0.6) is 5.75 Å². The molecule has 1 aliphatic heterocycles. The molecule has 0 aromatic heterocycles. The number of rotatable bonds is 6. The van der Waals surface area contributed by atoms with Crippen LogP contribution in [0, 0.1) is 0 Å². The van der Waals surface area contributed by atoms with Gasteiger partial charge in [-0.15, -0.1) is 0 Å². The highest BCUT2D eigenvalue weighted by atomic mass is 32.2. The van der Waals surface area contributed by atoms with Crippen LogP contribution >= 0.6 is 23.5 Å². The van der Waals surface area contributed by atoms with E-state index in [4.69, 9.17) is 10.6 Å². The van der Waals surface area contributed by atoms with E-state index in [2.05, 4.69) is 38.3 Å². The van der Waals surface area contributed by atoms with E-state index >= 15 is 0 Å². The first kappa shape index (κ1) is 17.0. The minimum atomic E-state index is 0.192. The third-order valence-electron chi connectivity index (χ3n) is 3.84. The fourth-order valence-electron chi connectivity index (χ4n) is 2.39. The van der Waals surface area contributed by atoms with Gasteiger partial charge in [0.2, 0.25) is 0 Å². The lowest BCUT2D eigenvalue weighted by molar-refractivity contribution is 0.317. The van der Waals surface area contributed by atoms with Crippen LogP contribution in [0.25, 0.3) is 0 Å². The first-order chi connectivity index (χ1) is 10.2. The van der Waals surface area contributed by atoms with Crippen molar-refractivity contribution in [1.82, 2.24) is 5.43 Å². The van der Waals surface area contributed by atoms with Gasteiger partial charge in [0.05, 0.1) is 12.6 Å². The van der Waals surface area contributed by atoms with Gasteiger partial charge in [-0.2, -0.15) is 23.5 Å². The van der Waals surface area contributed by atoms with Gasteiger partial charge in [0, 0.05) is 21.5 Å². The molecule has 0 aliphatic carbocycles. The monoisotopic (exact) mass is 326 g/mol. The van der Waals surface area contributed by atoms with Gasteiger partial charge in [-0.05, 0) is 24.1 Å². The van der Waals surface area contributed by atoms with Crippen molar-refractivity contribution in [2.75, 3.05) is 12.4 Å². The van der Waals surface area contributed by atoms with Gasteiger partial charge < -0.3 is 4.74 Å². The second kappa shape index (κ2) is 8.32. The van der Waals surface area contributed by atoms with E-state index in [1.54, 1.807) is 0 Å². The number of ether oxygens (including phenoxy) is 1. The van der Waals surface area contributed by atoms with E-state index in [9.17, 15) is 0 Å². The Balaban J connectivity index is 2.03. The Bertz CT molecular complexity index is 427. The van der Waals surface area contributed by atoms with E-state index in [1.807, 2.05) is 35.7 Å². The van der Waals surface area contributed by atoms with Crippen LogP contribution < -0.4 is 16.0 Å². The van der Waals surface area contributed by atoms with Crippen molar-refractivity contribution in [3.8, 4) is 5.75 Å². The predicted octanol–water partition coefficient (Wildman–Crippen LogP) is 3.61. The fraction of sp³-hybridized carbons (Fsp3) is 0.625. The lowest BCUT2D eigenvalue weighted by Gasteiger charge is -2.35. The molecule has 3 N–H and O–H groups in total. The molecular weight excluding hydrogens is 300 g/mol. The normalized spacial score (nSPS) is 27.3. The maximum Gasteiger partial charge on any atom is 0.119 e. The highest BCUT2D eigenvalue weighted by molar-refractivity contribution is 8.07. The van der Waals surface area contributed by atoms with Crippen LogP contribution in [0.2, 0.25) is 0 Å². The van der Waals surface area contributed by atoms with E-state index in [0.29, 0.717) is 10.5 Å². The molecule has 4 unspecified atom stereocenters. The maximum absolute atomic E-state index is 5.83. The maximum atomic E-state index is 5.83. The minimum absolute atomic E-state index is 0.192. The summed E-state index contributed by atoms with van der Waals surface area (Å²) >= 11 is 4.09. The summed E-state index contributed by atoms with van der Waals surface area (Å²) < 4.78 is 5.64. The molecule has 1 saturated heterocycles. The number of hydrogen-bond acceptors (Lipinski definition) is 5. The third-order valence-corrected chi connectivity index (χ3v) is 7.33. The molecule has 1 aromatic rings. The van der Waals surface area contributed by atoms with Gasteiger partial charge in [0.25, 0.3) is 0 Å². The predicted molar refractivity (Wildman–Crippen MR) is 95.1 cm³/mol. The van der Waals surface area contributed by atoms with Crippen LogP contribution in [0.15, 0.2) is 24.3 Å². The zero-order chi connectivity index (χ0) is 15.2. The fourth-order valence-corrected chi connectivity index (χ4v) is 5.49. The summed E-state index contributed by atoms with van der Waals surface area (Å²) in [5.74, 6) is 7.90. The van der Waals surface area contributed by atoms with Gasteiger partial charge in [0.15, 0.2) is 0 Å². The van der Waals surface area contributed by atoms with Gasteiger partial charge in [-0.3, -0.25) is 11.3 Å². The summed E-state index contributed by atoms with van der Waals surface area (Å²) in [6.07, 6.45) is 1.03. The van der Waals surface area contributed by atoms with E-state index in [1.165, 1.54) is 5.56 Å². The zero-order valence-corrected chi connectivity index (χ0v) is 14.7. The number of hydrazine groups is 1. The number of nitrogens with two attached hydrogens (primary N) is 1. The second-order valence-corrected chi connectivity index (χ2v) is 8.51. The summed E-state index contributed by atoms with van der Waals surface area (Å²) in [5, 5.41) is 1.89. The quantitative estimate of drug-likeness (QED) is 0.618. The van der Waals surface area contributed by atoms with Crippen molar-refractivity contribution in [3.05, 3.63) is 29.8 Å². The van der Waals surface area contributed by atoms with Crippen LogP contribution in [-0.2, 0) is 0 Å². The molecule has 1 aromatic carbocycles.